The van der Waals surface area contributed by atoms with Gasteiger partial charge < -0.3 is 19.8 Å². The topological polar surface area (TPSA) is 132 Å². The van der Waals surface area contributed by atoms with Crippen LogP contribution in [0, 0.1) is 13.8 Å². The first-order valence-corrected chi connectivity index (χ1v) is 10.7. The molecule has 1 amide bonds. The molecule has 2 rings (SSSR count). The highest BCUT2D eigenvalue weighted by molar-refractivity contribution is 7.91. The van der Waals surface area contributed by atoms with E-state index < -0.39 is 39.8 Å². The lowest BCUT2D eigenvalue weighted by molar-refractivity contribution is -0.125. The van der Waals surface area contributed by atoms with Gasteiger partial charge in [0.25, 0.3) is 5.91 Å². The third kappa shape index (κ3) is 5.12. The lowest BCUT2D eigenvalue weighted by atomic mass is 10.0. The van der Waals surface area contributed by atoms with Gasteiger partial charge in [-0.2, -0.15) is 0 Å². The summed E-state index contributed by atoms with van der Waals surface area (Å²) in [6.45, 7) is 7.74. The van der Waals surface area contributed by atoms with Gasteiger partial charge in [0, 0.05) is 5.69 Å². The molecule has 0 saturated carbocycles. The first-order chi connectivity index (χ1) is 12.8. The SMILES string of the molecule is Cc1[nH]c(C(=O)OCC(=O)NC2(C)CCS(=O)(=O)C2)c(C)c1C(=O)OC(C)C. The van der Waals surface area contributed by atoms with Crippen LogP contribution in [0.4, 0.5) is 0 Å². The number of hydrogen-bond acceptors (Lipinski definition) is 7. The molecule has 156 valence electrons. The summed E-state index contributed by atoms with van der Waals surface area (Å²) < 4.78 is 33.4. The van der Waals surface area contributed by atoms with Gasteiger partial charge >= 0.3 is 11.9 Å². The van der Waals surface area contributed by atoms with Crippen molar-refractivity contribution in [2.45, 2.75) is 52.7 Å². The molecule has 2 N–H and O–H groups in total. The molecule has 10 heteroatoms. The Morgan fingerprint density at radius 3 is 2.39 bits per heavy atom. The van der Waals surface area contributed by atoms with E-state index in [1.54, 1.807) is 34.6 Å². The van der Waals surface area contributed by atoms with Crippen LogP contribution in [0.5, 0.6) is 0 Å². The predicted octanol–water partition coefficient (Wildman–Crippen LogP) is 1.05. The number of aromatic nitrogens is 1. The van der Waals surface area contributed by atoms with Crippen LogP contribution in [-0.2, 0) is 24.1 Å². The number of ether oxygens (including phenoxy) is 2. The van der Waals surface area contributed by atoms with Crippen molar-refractivity contribution in [1.29, 1.82) is 0 Å². The van der Waals surface area contributed by atoms with E-state index in [1.807, 2.05) is 0 Å². The molecule has 1 atom stereocenters. The van der Waals surface area contributed by atoms with Crippen molar-refractivity contribution in [3.63, 3.8) is 0 Å². The Labute approximate surface area is 164 Å². The highest BCUT2D eigenvalue weighted by atomic mass is 32.2. The maximum atomic E-state index is 12.3. The van der Waals surface area contributed by atoms with Crippen LogP contribution in [0.15, 0.2) is 0 Å². The van der Waals surface area contributed by atoms with Gasteiger partial charge in [-0.15, -0.1) is 0 Å². The molecular formula is C18H26N2O7S. The molecule has 1 aliphatic rings. The van der Waals surface area contributed by atoms with E-state index >= 15 is 0 Å². The average Bonchev–Trinajstić information content (AvgIpc) is 2.99. The van der Waals surface area contributed by atoms with E-state index in [4.69, 9.17) is 9.47 Å². The van der Waals surface area contributed by atoms with E-state index in [0.717, 1.165) is 0 Å². The summed E-state index contributed by atoms with van der Waals surface area (Å²) in [5.41, 5.74) is 0.296. The number of H-pyrrole nitrogens is 1. The molecule has 28 heavy (non-hydrogen) atoms. The summed E-state index contributed by atoms with van der Waals surface area (Å²) in [6, 6.07) is 0. The Balaban J connectivity index is 2.00. The normalized spacial score (nSPS) is 20.8. The minimum Gasteiger partial charge on any atom is -0.459 e. The predicted molar refractivity (Wildman–Crippen MR) is 101 cm³/mol. The second kappa shape index (κ2) is 7.94. The number of amides is 1. The lowest BCUT2D eigenvalue weighted by Crippen LogP contribution is -2.48. The van der Waals surface area contributed by atoms with Crippen LogP contribution in [0.25, 0.3) is 0 Å². The summed E-state index contributed by atoms with van der Waals surface area (Å²) in [4.78, 5) is 39.4. The molecule has 0 spiro atoms. The second-order valence-corrected chi connectivity index (χ2v) is 9.79. The summed E-state index contributed by atoms with van der Waals surface area (Å²) in [5, 5.41) is 2.61. The quantitative estimate of drug-likeness (QED) is 0.665. The molecule has 9 nitrogen and oxygen atoms in total. The zero-order valence-corrected chi connectivity index (χ0v) is 17.5. The van der Waals surface area contributed by atoms with Crippen molar-refractivity contribution in [2.24, 2.45) is 0 Å². The minimum absolute atomic E-state index is 0.0137. The van der Waals surface area contributed by atoms with E-state index in [1.165, 1.54) is 0 Å². The fraction of sp³-hybridized carbons (Fsp3) is 0.611. The summed E-state index contributed by atoms with van der Waals surface area (Å²) >= 11 is 0. The van der Waals surface area contributed by atoms with Crippen molar-refractivity contribution in [1.82, 2.24) is 10.3 Å². The number of aromatic amines is 1. The number of aryl methyl sites for hydroxylation is 1. The average molecular weight is 414 g/mol. The number of carbonyl (C=O) groups excluding carboxylic acids is 3. The van der Waals surface area contributed by atoms with E-state index in [9.17, 15) is 22.8 Å². The largest absolute Gasteiger partial charge is 0.459 e. The molecular weight excluding hydrogens is 388 g/mol. The standard InChI is InChI=1S/C18H26N2O7S/c1-10(2)27-16(22)14-11(3)15(19-12(14)4)17(23)26-8-13(21)20-18(5)6-7-28(24,25)9-18/h10,19H,6-9H2,1-5H3,(H,20,21). The first kappa shape index (κ1) is 21.9. The Hall–Kier alpha value is -2.36. The molecule has 1 aromatic heterocycles. The summed E-state index contributed by atoms with van der Waals surface area (Å²) in [7, 11) is -3.17. The summed E-state index contributed by atoms with van der Waals surface area (Å²) in [5.74, 6) is -2.05. The van der Waals surface area contributed by atoms with Gasteiger partial charge in [-0.25, -0.2) is 18.0 Å². The fourth-order valence-electron chi connectivity index (χ4n) is 3.22. The van der Waals surface area contributed by atoms with Crippen LogP contribution in [0.2, 0.25) is 0 Å². The molecule has 0 aromatic carbocycles. The van der Waals surface area contributed by atoms with Gasteiger partial charge in [-0.1, -0.05) is 0 Å². The van der Waals surface area contributed by atoms with E-state index in [0.29, 0.717) is 17.7 Å². The van der Waals surface area contributed by atoms with Gasteiger partial charge in [0.2, 0.25) is 0 Å². The number of hydrogen-bond donors (Lipinski definition) is 2. The van der Waals surface area contributed by atoms with Crippen molar-refractivity contribution < 1.29 is 32.3 Å². The lowest BCUT2D eigenvalue weighted by Gasteiger charge is -2.23. The minimum atomic E-state index is -3.17. The van der Waals surface area contributed by atoms with E-state index in [-0.39, 0.29) is 28.9 Å². The molecule has 1 aromatic rings. The van der Waals surface area contributed by atoms with Gasteiger partial charge in [0.05, 0.1) is 28.7 Å². The zero-order chi connectivity index (χ0) is 21.3. The smallest absolute Gasteiger partial charge is 0.355 e. The molecule has 1 saturated heterocycles. The van der Waals surface area contributed by atoms with Crippen LogP contribution in [-0.4, -0.2) is 61.0 Å². The third-order valence-electron chi connectivity index (χ3n) is 4.47. The van der Waals surface area contributed by atoms with Gasteiger partial charge in [-0.05, 0) is 46.6 Å². The van der Waals surface area contributed by atoms with Crippen LogP contribution < -0.4 is 5.32 Å². The molecule has 1 aliphatic heterocycles. The maximum absolute atomic E-state index is 12.3. The van der Waals surface area contributed by atoms with Crippen molar-refractivity contribution in [3.8, 4) is 0 Å². The van der Waals surface area contributed by atoms with Crippen LogP contribution in [0.1, 0.15) is 59.3 Å². The van der Waals surface area contributed by atoms with Crippen molar-refractivity contribution >= 4 is 27.7 Å². The Morgan fingerprint density at radius 2 is 1.86 bits per heavy atom. The number of nitrogens with one attached hydrogen (secondary N) is 2. The van der Waals surface area contributed by atoms with Gasteiger partial charge in [-0.3, -0.25) is 4.79 Å². The van der Waals surface area contributed by atoms with Crippen molar-refractivity contribution in [2.75, 3.05) is 18.1 Å². The van der Waals surface area contributed by atoms with Crippen LogP contribution >= 0.6 is 0 Å². The highest BCUT2D eigenvalue weighted by Gasteiger charge is 2.39. The number of sulfone groups is 1. The maximum Gasteiger partial charge on any atom is 0.355 e. The van der Waals surface area contributed by atoms with Crippen LogP contribution in [0.3, 0.4) is 0 Å². The van der Waals surface area contributed by atoms with Crippen molar-refractivity contribution in [3.05, 3.63) is 22.5 Å². The molecule has 0 aliphatic carbocycles. The Kier molecular flexibility index (Phi) is 6.22. The molecule has 1 fully saturated rings. The molecule has 0 bridgehead atoms. The van der Waals surface area contributed by atoms with E-state index in [2.05, 4.69) is 10.3 Å². The highest BCUT2D eigenvalue weighted by Crippen LogP contribution is 2.23. The number of rotatable bonds is 6. The second-order valence-electron chi connectivity index (χ2n) is 7.61. The monoisotopic (exact) mass is 414 g/mol. The molecule has 0 radical (unpaired) electrons. The first-order valence-electron chi connectivity index (χ1n) is 8.92. The molecule has 2 heterocycles. The van der Waals surface area contributed by atoms with Gasteiger partial charge in [0.1, 0.15) is 5.69 Å². The third-order valence-corrected chi connectivity index (χ3v) is 6.37. The zero-order valence-electron chi connectivity index (χ0n) is 16.7. The summed E-state index contributed by atoms with van der Waals surface area (Å²) in [6.07, 6.45) is 0.00622. The Bertz CT molecular complexity index is 901. The fourth-order valence-corrected chi connectivity index (χ4v) is 5.31. The van der Waals surface area contributed by atoms with Gasteiger partial charge in [0.15, 0.2) is 16.4 Å². The Morgan fingerprint density at radius 1 is 1.21 bits per heavy atom. The number of carbonyl (C=O) groups is 3. The number of esters is 2. The molecule has 1 unspecified atom stereocenters.